The molecule has 2 rings (SSSR count). The van der Waals surface area contributed by atoms with E-state index in [0.717, 1.165) is 25.7 Å². The van der Waals surface area contributed by atoms with Crippen molar-refractivity contribution >= 4 is 15.7 Å². The first-order valence-electron chi connectivity index (χ1n) is 6.89. The number of sulfonamides is 1. The molecule has 3 N–H and O–H groups in total. The summed E-state index contributed by atoms with van der Waals surface area (Å²) in [5, 5.41) is 0. The quantitative estimate of drug-likeness (QED) is 0.786. The number of rotatable bonds is 6. The number of ether oxygens (including phenoxy) is 1. The third kappa shape index (κ3) is 4.11. The molecule has 0 bridgehead atoms. The average Bonchev–Trinajstić information content (AvgIpc) is 2.77. The highest BCUT2D eigenvalue weighted by atomic mass is 32.2. The molecule has 0 amide bonds. The van der Waals surface area contributed by atoms with Gasteiger partial charge in [-0.15, -0.1) is 0 Å². The Morgan fingerprint density at radius 3 is 2.60 bits per heavy atom. The van der Waals surface area contributed by atoms with Gasteiger partial charge in [-0.1, -0.05) is 25.0 Å². The average molecular weight is 298 g/mol. The van der Waals surface area contributed by atoms with E-state index in [2.05, 4.69) is 4.72 Å². The minimum absolute atomic E-state index is 0.0586. The molecule has 0 saturated heterocycles. The van der Waals surface area contributed by atoms with E-state index in [1.165, 1.54) is 0 Å². The first kappa shape index (κ1) is 15.1. The predicted octanol–water partition coefficient (Wildman–Crippen LogP) is 1.90. The summed E-state index contributed by atoms with van der Waals surface area (Å²) in [6.45, 7) is 2.06. The molecule has 1 aromatic carbocycles. The Morgan fingerprint density at radius 2 is 1.95 bits per heavy atom. The maximum atomic E-state index is 12.0. The molecule has 0 aromatic heterocycles. The van der Waals surface area contributed by atoms with Crippen LogP contribution in [-0.4, -0.2) is 26.3 Å². The fourth-order valence-corrected chi connectivity index (χ4v) is 3.92. The number of hydrogen-bond acceptors (Lipinski definition) is 4. The van der Waals surface area contributed by atoms with E-state index in [0.29, 0.717) is 11.4 Å². The van der Waals surface area contributed by atoms with Gasteiger partial charge in [-0.05, 0) is 31.9 Å². The summed E-state index contributed by atoms with van der Waals surface area (Å²) in [6, 6.07) is 7.06. The van der Waals surface area contributed by atoms with Crippen LogP contribution in [-0.2, 0) is 10.0 Å². The lowest BCUT2D eigenvalue weighted by molar-refractivity contribution is 0.340. The van der Waals surface area contributed by atoms with Gasteiger partial charge in [0.1, 0.15) is 12.4 Å². The van der Waals surface area contributed by atoms with E-state index in [-0.39, 0.29) is 17.9 Å². The second-order valence-electron chi connectivity index (χ2n) is 5.57. The third-order valence-corrected chi connectivity index (χ3v) is 5.15. The van der Waals surface area contributed by atoms with Crippen molar-refractivity contribution in [3.05, 3.63) is 24.3 Å². The third-order valence-electron chi connectivity index (χ3n) is 3.64. The van der Waals surface area contributed by atoms with Crippen LogP contribution in [0.4, 0.5) is 5.69 Å². The topological polar surface area (TPSA) is 81.4 Å². The Bertz CT molecular complexity index is 551. The largest absolute Gasteiger partial charge is 0.490 e. The van der Waals surface area contributed by atoms with Crippen LogP contribution in [0.5, 0.6) is 5.75 Å². The summed E-state index contributed by atoms with van der Waals surface area (Å²) in [4.78, 5) is 0. The van der Waals surface area contributed by atoms with E-state index in [1.54, 1.807) is 24.3 Å². The number of benzene rings is 1. The van der Waals surface area contributed by atoms with Gasteiger partial charge in [0.05, 0.1) is 11.4 Å². The maximum absolute atomic E-state index is 12.0. The van der Waals surface area contributed by atoms with Crippen LogP contribution >= 0.6 is 0 Å². The van der Waals surface area contributed by atoms with Crippen LogP contribution in [0.2, 0.25) is 0 Å². The molecular weight excluding hydrogens is 276 g/mol. The minimum Gasteiger partial charge on any atom is -0.490 e. The first-order valence-corrected chi connectivity index (χ1v) is 8.54. The van der Waals surface area contributed by atoms with Crippen molar-refractivity contribution in [1.29, 1.82) is 0 Å². The molecule has 0 unspecified atom stereocenters. The summed E-state index contributed by atoms with van der Waals surface area (Å²) < 4.78 is 32.3. The number of anilines is 1. The zero-order valence-corrected chi connectivity index (χ0v) is 12.6. The smallest absolute Gasteiger partial charge is 0.215 e. The van der Waals surface area contributed by atoms with Crippen molar-refractivity contribution in [2.75, 3.05) is 18.1 Å². The Kier molecular flexibility index (Phi) is 4.55. The maximum Gasteiger partial charge on any atom is 0.215 e. The van der Waals surface area contributed by atoms with Crippen LogP contribution in [0.15, 0.2) is 24.3 Å². The lowest BCUT2D eigenvalue weighted by Crippen LogP contribution is -2.45. The Labute approximate surface area is 120 Å². The second-order valence-corrected chi connectivity index (χ2v) is 7.42. The number of nitrogens with one attached hydrogen (secondary N) is 1. The van der Waals surface area contributed by atoms with Gasteiger partial charge in [0.15, 0.2) is 0 Å². The molecule has 112 valence electrons. The van der Waals surface area contributed by atoms with E-state index in [1.807, 2.05) is 6.92 Å². The van der Waals surface area contributed by atoms with Crippen LogP contribution < -0.4 is 15.2 Å². The summed E-state index contributed by atoms with van der Waals surface area (Å²) in [5.41, 5.74) is 5.96. The Hall–Kier alpha value is -1.27. The molecule has 1 aliphatic rings. The molecule has 1 fully saturated rings. The molecule has 0 radical (unpaired) electrons. The minimum atomic E-state index is -3.32. The monoisotopic (exact) mass is 298 g/mol. The van der Waals surface area contributed by atoms with E-state index in [4.69, 9.17) is 10.5 Å². The SMILES string of the molecule is CC1(NS(=O)(=O)CCOc2ccccc2N)CCCC1. The molecule has 0 atom stereocenters. The zero-order chi connectivity index (χ0) is 14.6. The van der Waals surface area contributed by atoms with E-state index < -0.39 is 10.0 Å². The van der Waals surface area contributed by atoms with Crippen LogP contribution in [0.25, 0.3) is 0 Å². The van der Waals surface area contributed by atoms with Gasteiger partial charge >= 0.3 is 0 Å². The van der Waals surface area contributed by atoms with Gasteiger partial charge in [-0.25, -0.2) is 13.1 Å². The van der Waals surface area contributed by atoms with Gasteiger partial charge in [-0.2, -0.15) is 0 Å². The second kappa shape index (κ2) is 6.01. The summed E-state index contributed by atoms with van der Waals surface area (Å²) in [5.74, 6) is 0.464. The number of para-hydroxylation sites is 2. The molecule has 0 spiro atoms. The van der Waals surface area contributed by atoms with Crippen molar-refractivity contribution < 1.29 is 13.2 Å². The molecule has 0 aliphatic heterocycles. The lowest BCUT2D eigenvalue weighted by Gasteiger charge is -2.24. The fraction of sp³-hybridized carbons (Fsp3) is 0.571. The van der Waals surface area contributed by atoms with Crippen LogP contribution in [0.1, 0.15) is 32.6 Å². The highest BCUT2D eigenvalue weighted by Crippen LogP contribution is 2.29. The highest BCUT2D eigenvalue weighted by Gasteiger charge is 2.32. The van der Waals surface area contributed by atoms with Crippen molar-refractivity contribution in [3.8, 4) is 5.75 Å². The molecule has 5 nitrogen and oxygen atoms in total. The van der Waals surface area contributed by atoms with Gasteiger partial charge in [0.2, 0.25) is 10.0 Å². The van der Waals surface area contributed by atoms with Gasteiger partial charge in [-0.3, -0.25) is 0 Å². The molecule has 20 heavy (non-hydrogen) atoms. The summed E-state index contributed by atoms with van der Waals surface area (Å²) in [6.07, 6.45) is 3.96. The van der Waals surface area contributed by atoms with Gasteiger partial charge < -0.3 is 10.5 Å². The van der Waals surface area contributed by atoms with Gasteiger partial charge in [0, 0.05) is 5.54 Å². The molecule has 0 heterocycles. The molecule has 1 aromatic rings. The van der Waals surface area contributed by atoms with Crippen molar-refractivity contribution in [1.82, 2.24) is 4.72 Å². The van der Waals surface area contributed by atoms with E-state index in [9.17, 15) is 8.42 Å². The number of nitrogens with two attached hydrogens (primary N) is 1. The van der Waals surface area contributed by atoms with Crippen molar-refractivity contribution in [2.24, 2.45) is 0 Å². The lowest BCUT2D eigenvalue weighted by atomic mass is 10.0. The Balaban J connectivity index is 1.85. The Morgan fingerprint density at radius 1 is 1.30 bits per heavy atom. The number of nitrogen functional groups attached to an aromatic ring is 1. The normalized spacial score (nSPS) is 18.1. The van der Waals surface area contributed by atoms with Crippen molar-refractivity contribution in [2.45, 2.75) is 38.1 Å². The molecule has 6 heteroatoms. The highest BCUT2D eigenvalue weighted by molar-refractivity contribution is 7.89. The molecule has 1 aliphatic carbocycles. The van der Waals surface area contributed by atoms with Crippen LogP contribution in [0.3, 0.4) is 0 Å². The predicted molar refractivity (Wildman–Crippen MR) is 80.1 cm³/mol. The van der Waals surface area contributed by atoms with E-state index >= 15 is 0 Å². The number of hydrogen-bond donors (Lipinski definition) is 2. The zero-order valence-electron chi connectivity index (χ0n) is 11.8. The molecular formula is C14H22N2O3S. The fourth-order valence-electron chi connectivity index (χ4n) is 2.56. The molecule has 1 saturated carbocycles. The summed E-state index contributed by atoms with van der Waals surface area (Å²) >= 11 is 0. The van der Waals surface area contributed by atoms with Gasteiger partial charge in [0.25, 0.3) is 0 Å². The van der Waals surface area contributed by atoms with Crippen molar-refractivity contribution in [3.63, 3.8) is 0 Å². The van der Waals surface area contributed by atoms with Crippen LogP contribution in [0, 0.1) is 0 Å². The standard InChI is InChI=1S/C14H22N2O3S/c1-14(8-4-5-9-14)16-20(17,18)11-10-19-13-7-3-2-6-12(13)15/h2-3,6-7,16H,4-5,8-11,15H2,1H3. The summed E-state index contributed by atoms with van der Waals surface area (Å²) in [7, 11) is -3.32. The first-order chi connectivity index (χ1) is 9.40.